The van der Waals surface area contributed by atoms with Crippen molar-refractivity contribution in [1.29, 1.82) is 0 Å². The normalized spacial score (nSPS) is 18.4. The molecule has 1 aromatic heterocycles. The molecule has 0 spiro atoms. The van der Waals surface area contributed by atoms with Gasteiger partial charge in [-0.25, -0.2) is 8.42 Å². The van der Waals surface area contributed by atoms with Crippen LogP contribution in [0.2, 0.25) is 0 Å². The first-order valence-corrected chi connectivity index (χ1v) is 11.7. The van der Waals surface area contributed by atoms with E-state index in [0.717, 1.165) is 43.6 Å². The number of carbonyl (C=O) groups excluding carboxylic acids is 1. The second-order valence-electron chi connectivity index (χ2n) is 7.64. The molecular formula is C21H27N3O5S. The Labute approximate surface area is 176 Å². The first kappa shape index (κ1) is 20.9. The van der Waals surface area contributed by atoms with Gasteiger partial charge in [0.2, 0.25) is 5.09 Å². The van der Waals surface area contributed by atoms with E-state index >= 15 is 0 Å². The highest BCUT2D eigenvalue weighted by Gasteiger charge is 2.29. The minimum absolute atomic E-state index is 0.0257. The molecule has 0 unspecified atom stereocenters. The molecule has 162 valence electrons. The van der Waals surface area contributed by atoms with Crippen LogP contribution in [0, 0.1) is 6.92 Å². The maximum atomic E-state index is 12.7. The summed E-state index contributed by atoms with van der Waals surface area (Å²) in [5, 5.41) is 2.63. The Morgan fingerprint density at radius 3 is 2.43 bits per heavy atom. The van der Waals surface area contributed by atoms with Crippen LogP contribution in [0.5, 0.6) is 0 Å². The molecule has 0 saturated carbocycles. The molecule has 3 heterocycles. The van der Waals surface area contributed by atoms with Crippen molar-refractivity contribution in [1.82, 2.24) is 4.31 Å². The van der Waals surface area contributed by atoms with Gasteiger partial charge in [-0.2, -0.15) is 4.31 Å². The minimum Gasteiger partial charge on any atom is -0.438 e. The van der Waals surface area contributed by atoms with Gasteiger partial charge in [0.1, 0.15) is 0 Å². The highest BCUT2D eigenvalue weighted by Crippen LogP contribution is 2.26. The molecule has 0 aliphatic carbocycles. The number of hydrogen-bond donors (Lipinski definition) is 1. The zero-order valence-corrected chi connectivity index (χ0v) is 17.9. The first-order valence-electron chi connectivity index (χ1n) is 10.3. The summed E-state index contributed by atoms with van der Waals surface area (Å²) in [5.41, 5.74) is 2.66. The quantitative estimate of drug-likeness (QED) is 0.780. The molecule has 0 radical (unpaired) electrons. The van der Waals surface area contributed by atoms with Gasteiger partial charge in [-0.05, 0) is 55.7 Å². The summed E-state index contributed by atoms with van der Waals surface area (Å²) in [4.78, 5) is 14.9. The van der Waals surface area contributed by atoms with Gasteiger partial charge in [0.15, 0.2) is 5.76 Å². The third-order valence-corrected chi connectivity index (χ3v) is 7.32. The van der Waals surface area contributed by atoms with Crippen molar-refractivity contribution in [2.24, 2.45) is 0 Å². The number of carbonyl (C=O) groups is 1. The molecule has 1 amide bonds. The zero-order chi connectivity index (χ0) is 21.1. The number of ether oxygens (including phenoxy) is 1. The Balaban J connectivity index is 1.45. The molecule has 2 aliphatic heterocycles. The van der Waals surface area contributed by atoms with Crippen molar-refractivity contribution in [3.05, 3.63) is 41.7 Å². The molecule has 30 heavy (non-hydrogen) atoms. The Bertz CT molecular complexity index is 1010. The van der Waals surface area contributed by atoms with Crippen LogP contribution in [0.1, 0.15) is 35.4 Å². The fourth-order valence-electron chi connectivity index (χ4n) is 3.80. The van der Waals surface area contributed by atoms with E-state index in [1.165, 1.54) is 16.4 Å². The smallest absolute Gasteiger partial charge is 0.291 e. The van der Waals surface area contributed by atoms with Gasteiger partial charge in [0.25, 0.3) is 15.9 Å². The summed E-state index contributed by atoms with van der Waals surface area (Å²) >= 11 is 0. The monoisotopic (exact) mass is 433 g/mol. The summed E-state index contributed by atoms with van der Waals surface area (Å²) in [7, 11) is -3.70. The molecule has 9 heteroatoms. The van der Waals surface area contributed by atoms with Crippen molar-refractivity contribution in [3.8, 4) is 0 Å². The third kappa shape index (κ3) is 4.38. The van der Waals surface area contributed by atoms with Crippen molar-refractivity contribution < 1.29 is 22.4 Å². The number of morpholine rings is 1. The Kier molecular flexibility index (Phi) is 6.12. The Hall–Kier alpha value is -2.36. The number of benzene rings is 1. The van der Waals surface area contributed by atoms with E-state index in [4.69, 9.17) is 9.15 Å². The van der Waals surface area contributed by atoms with Crippen LogP contribution in [0.25, 0.3) is 0 Å². The van der Waals surface area contributed by atoms with Crippen molar-refractivity contribution >= 4 is 27.3 Å². The lowest BCUT2D eigenvalue weighted by Crippen LogP contribution is -2.36. The van der Waals surface area contributed by atoms with Crippen LogP contribution >= 0.6 is 0 Å². The van der Waals surface area contributed by atoms with E-state index in [-0.39, 0.29) is 10.9 Å². The van der Waals surface area contributed by atoms with E-state index in [0.29, 0.717) is 32.0 Å². The summed E-state index contributed by atoms with van der Waals surface area (Å²) in [6, 6.07) is 8.60. The predicted molar refractivity (Wildman–Crippen MR) is 113 cm³/mol. The lowest BCUT2D eigenvalue weighted by atomic mass is 10.1. The largest absolute Gasteiger partial charge is 0.438 e. The van der Waals surface area contributed by atoms with Crippen LogP contribution < -0.4 is 10.2 Å². The fourth-order valence-corrected chi connectivity index (χ4v) is 5.23. The van der Waals surface area contributed by atoms with E-state index in [2.05, 4.69) is 10.2 Å². The van der Waals surface area contributed by atoms with Crippen LogP contribution in [0.15, 0.2) is 39.8 Å². The highest BCUT2D eigenvalue weighted by atomic mass is 32.2. The predicted octanol–water partition coefficient (Wildman–Crippen LogP) is 2.85. The zero-order valence-electron chi connectivity index (χ0n) is 17.1. The van der Waals surface area contributed by atoms with E-state index in [9.17, 15) is 13.2 Å². The number of sulfonamides is 1. The SMILES string of the molecule is Cc1cc(N2CCOCC2)ccc1NC(=O)c1ccc(S(=O)(=O)N2CCCCC2)o1. The molecule has 0 atom stereocenters. The topological polar surface area (TPSA) is 92.1 Å². The number of hydrogen-bond acceptors (Lipinski definition) is 6. The summed E-state index contributed by atoms with van der Waals surface area (Å²) in [5.74, 6) is -0.500. The number of nitrogens with one attached hydrogen (secondary N) is 1. The molecular weight excluding hydrogens is 406 g/mol. The lowest BCUT2D eigenvalue weighted by molar-refractivity contribution is 0.0991. The number of anilines is 2. The van der Waals surface area contributed by atoms with Gasteiger partial charge < -0.3 is 19.4 Å². The maximum absolute atomic E-state index is 12.7. The van der Waals surface area contributed by atoms with Crippen LogP contribution in [0.3, 0.4) is 0 Å². The molecule has 8 nitrogen and oxygen atoms in total. The van der Waals surface area contributed by atoms with Crippen LogP contribution in [-0.4, -0.2) is 58.0 Å². The number of furan rings is 1. The first-order chi connectivity index (χ1) is 14.4. The van der Waals surface area contributed by atoms with Gasteiger partial charge in [-0.1, -0.05) is 6.42 Å². The van der Waals surface area contributed by atoms with Gasteiger partial charge in [-0.3, -0.25) is 4.79 Å². The lowest BCUT2D eigenvalue weighted by Gasteiger charge is -2.29. The number of rotatable bonds is 5. The van der Waals surface area contributed by atoms with Crippen LogP contribution in [-0.2, 0) is 14.8 Å². The molecule has 4 rings (SSSR count). The Morgan fingerprint density at radius 1 is 1.00 bits per heavy atom. The van der Waals surface area contributed by atoms with Crippen molar-refractivity contribution in [2.75, 3.05) is 49.6 Å². The summed E-state index contributed by atoms with van der Waals surface area (Å²) in [6.07, 6.45) is 2.71. The number of piperidine rings is 1. The van der Waals surface area contributed by atoms with Crippen molar-refractivity contribution in [2.45, 2.75) is 31.3 Å². The second kappa shape index (κ2) is 8.79. The molecule has 2 aromatic rings. The third-order valence-electron chi connectivity index (χ3n) is 5.55. The van der Waals surface area contributed by atoms with E-state index in [1.807, 2.05) is 25.1 Å². The average molecular weight is 434 g/mol. The fraction of sp³-hybridized carbons (Fsp3) is 0.476. The molecule has 2 fully saturated rings. The minimum atomic E-state index is -3.70. The molecule has 2 aliphatic rings. The number of aryl methyl sites for hydroxylation is 1. The standard InChI is InChI=1S/C21H27N3O5S/c1-16-15-17(23-11-13-28-14-12-23)5-6-18(16)22-21(25)19-7-8-20(29-19)30(26,27)24-9-3-2-4-10-24/h5-8,15H,2-4,9-14H2,1H3,(H,22,25). The summed E-state index contributed by atoms with van der Waals surface area (Å²) < 4.78 is 37.7. The average Bonchev–Trinajstić information content (AvgIpc) is 3.28. The highest BCUT2D eigenvalue weighted by molar-refractivity contribution is 7.89. The van der Waals surface area contributed by atoms with Gasteiger partial charge in [-0.15, -0.1) is 0 Å². The maximum Gasteiger partial charge on any atom is 0.291 e. The number of nitrogens with zero attached hydrogens (tertiary/aromatic N) is 2. The van der Waals surface area contributed by atoms with Crippen molar-refractivity contribution in [3.63, 3.8) is 0 Å². The van der Waals surface area contributed by atoms with E-state index in [1.54, 1.807) is 0 Å². The van der Waals surface area contributed by atoms with Gasteiger partial charge in [0.05, 0.1) is 13.2 Å². The second-order valence-corrected chi connectivity index (χ2v) is 9.51. The van der Waals surface area contributed by atoms with Crippen LogP contribution in [0.4, 0.5) is 11.4 Å². The molecule has 2 saturated heterocycles. The Morgan fingerprint density at radius 2 is 1.73 bits per heavy atom. The molecule has 1 aromatic carbocycles. The van der Waals surface area contributed by atoms with Gasteiger partial charge >= 0.3 is 0 Å². The molecule has 1 N–H and O–H groups in total. The van der Waals surface area contributed by atoms with E-state index < -0.39 is 15.9 Å². The number of amides is 1. The van der Waals surface area contributed by atoms with Gasteiger partial charge in [0, 0.05) is 37.6 Å². The summed E-state index contributed by atoms with van der Waals surface area (Å²) in [6.45, 7) is 5.99. The molecule has 0 bridgehead atoms.